The maximum atomic E-state index is 14.0. The van der Waals surface area contributed by atoms with Crippen LogP contribution in [0.5, 0.6) is 0 Å². The van der Waals surface area contributed by atoms with Crippen molar-refractivity contribution < 1.29 is 9.59 Å². The summed E-state index contributed by atoms with van der Waals surface area (Å²) in [5.74, 6) is -0.00519. The highest BCUT2D eigenvalue weighted by Gasteiger charge is 2.55. The first kappa shape index (κ1) is 24.0. The number of pyridine rings is 1. The molecular weight excluding hydrogens is 484 g/mol. The Morgan fingerprint density at radius 1 is 0.865 bits per heavy atom. The molecule has 3 aliphatic heterocycles. The lowest BCUT2D eigenvalue weighted by molar-refractivity contribution is -0.157. The van der Waals surface area contributed by atoms with Crippen LogP contribution in [0.3, 0.4) is 0 Å². The Kier molecular flexibility index (Phi) is 5.76. The van der Waals surface area contributed by atoms with Crippen molar-refractivity contribution in [1.29, 1.82) is 0 Å². The molecule has 1 aromatic heterocycles. The maximum Gasteiger partial charge on any atom is 0.250 e. The summed E-state index contributed by atoms with van der Waals surface area (Å²) in [7, 11) is 3.33. The molecule has 3 aromatic rings. The van der Waals surface area contributed by atoms with Gasteiger partial charge in [-0.15, -0.1) is 0 Å². The van der Waals surface area contributed by atoms with Crippen LogP contribution in [0.4, 0.5) is 0 Å². The van der Waals surface area contributed by atoms with E-state index in [0.717, 1.165) is 35.0 Å². The fourth-order valence-electron chi connectivity index (χ4n) is 6.75. The number of carbonyl (C=O) groups is 2. The van der Waals surface area contributed by atoms with Crippen molar-refractivity contribution in [1.82, 2.24) is 19.3 Å². The molecule has 0 unspecified atom stereocenters. The maximum absolute atomic E-state index is 14.0. The van der Waals surface area contributed by atoms with E-state index < -0.39 is 5.41 Å². The number of amides is 2. The van der Waals surface area contributed by atoms with Crippen molar-refractivity contribution in [3.05, 3.63) is 82.3 Å². The second-order valence-electron chi connectivity index (χ2n) is 10.8. The van der Waals surface area contributed by atoms with Gasteiger partial charge in [0.15, 0.2) is 5.11 Å². The first-order chi connectivity index (χ1) is 17.8. The molecule has 2 saturated heterocycles. The molecule has 190 valence electrons. The van der Waals surface area contributed by atoms with Crippen LogP contribution in [0, 0.1) is 11.3 Å². The zero-order valence-corrected chi connectivity index (χ0v) is 21.9. The van der Waals surface area contributed by atoms with Gasteiger partial charge in [-0.2, -0.15) is 0 Å². The third kappa shape index (κ3) is 3.81. The van der Waals surface area contributed by atoms with Gasteiger partial charge in [0.2, 0.25) is 11.8 Å². The van der Waals surface area contributed by atoms with Crippen molar-refractivity contribution in [2.75, 3.05) is 33.7 Å². The second kappa shape index (κ2) is 8.89. The van der Waals surface area contributed by atoms with Crippen molar-refractivity contribution in [2.24, 2.45) is 11.3 Å². The summed E-state index contributed by atoms with van der Waals surface area (Å²) in [5.41, 5.74) is 0.775. The number of likely N-dealkylation sites (tertiary alicyclic amines) is 1. The molecule has 2 atom stereocenters. The number of benzene rings is 2. The lowest BCUT2D eigenvalue weighted by Crippen LogP contribution is -2.67. The SMILES string of the molecule is CN1C(=O)C(Cc2cccc3ccccc23)(CN2C[C@H]3C[C@@H](C2)c2cccc(=O)n2C3)C(=O)N(C)C1=S. The lowest BCUT2D eigenvalue weighted by atomic mass is 9.74. The van der Waals surface area contributed by atoms with E-state index >= 15 is 0 Å². The Morgan fingerprint density at radius 3 is 2.35 bits per heavy atom. The van der Waals surface area contributed by atoms with Crippen LogP contribution in [0.2, 0.25) is 0 Å². The minimum absolute atomic E-state index is 0.0440. The molecular formula is C29H30N4O3S. The van der Waals surface area contributed by atoms with E-state index in [9.17, 15) is 14.4 Å². The quantitative estimate of drug-likeness (QED) is 0.396. The summed E-state index contributed by atoms with van der Waals surface area (Å²) in [6.45, 7) is 2.43. The molecule has 2 amide bonds. The molecule has 7 nitrogen and oxygen atoms in total. The van der Waals surface area contributed by atoms with Gasteiger partial charge in [-0.05, 0) is 53.4 Å². The van der Waals surface area contributed by atoms with Gasteiger partial charge in [0, 0.05) is 58.0 Å². The third-order valence-electron chi connectivity index (χ3n) is 8.42. The highest BCUT2D eigenvalue weighted by Crippen LogP contribution is 2.40. The molecule has 0 spiro atoms. The number of aromatic nitrogens is 1. The van der Waals surface area contributed by atoms with Crippen LogP contribution in [0.1, 0.15) is 23.6 Å². The van der Waals surface area contributed by atoms with Gasteiger partial charge in [-0.1, -0.05) is 48.5 Å². The number of fused-ring (bicyclic) bond motifs is 5. The number of hydrogen-bond donors (Lipinski definition) is 0. The summed E-state index contributed by atoms with van der Waals surface area (Å²) < 4.78 is 1.90. The Bertz CT molecular complexity index is 1470. The van der Waals surface area contributed by atoms with E-state index in [-0.39, 0.29) is 28.4 Å². The molecule has 0 aliphatic carbocycles. The topological polar surface area (TPSA) is 65.9 Å². The summed E-state index contributed by atoms with van der Waals surface area (Å²) in [6, 6.07) is 19.6. The summed E-state index contributed by atoms with van der Waals surface area (Å²) in [4.78, 5) is 45.7. The predicted molar refractivity (Wildman–Crippen MR) is 146 cm³/mol. The van der Waals surface area contributed by atoms with Crippen molar-refractivity contribution in [3.63, 3.8) is 0 Å². The van der Waals surface area contributed by atoms with E-state index in [1.165, 1.54) is 9.80 Å². The standard InChI is InChI=1S/C29H30N4O3S/c1-30-26(35)29(27(36)31(2)28(30)37,14-21-9-5-8-20-7-3-4-10-23(20)21)18-32-15-19-13-22(17-32)24-11-6-12-25(34)33(24)16-19/h3-12,19,22H,13-18H2,1-2H3/t19-,22+/m1/s1. The zero-order valence-electron chi connectivity index (χ0n) is 21.1. The molecule has 37 heavy (non-hydrogen) atoms. The molecule has 2 aromatic carbocycles. The van der Waals surface area contributed by atoms with Crippen molar-refractivity contribution in [2.45, 2.75) is 25.3 Å². The van der Waals surface area contributed by atoms with Gasteiger partial charge in [0.1, 0.15) is 5.41 Å². The van der Waals surface area contributed by atoms with Crippen LogP contribution in [0.15, 0.2) is 65.5 Å². The molecule has 2 bridgehead atoms. The van der Waals surface area contributed by atoms with E-state index in [4.69, 9.17) is 12.2 Å². The number of carbonyl (C=O) groups excluding carboxylic acids is 2. The van der Waals surface area contributed by atoms with Crippen LogP contribution in [-0.2, 0) is 22.6 Å². The van der Waals surface area contributed by atoms with E-state index in [1.54, 1.807) is 20.2 Å². The number of piperidine rings is 1. The molecule has 0 N–H and O–H groups in total. The van der Waals surface area contributed by atoms with Gasteiger partial charge >= 0.3 is 0 Å². The molecule has 6 rings (SSSR count). The van der Waals surface area contributed by atoms with Gasteiger partial charge in [0.05, 0.1) is 0 Å². The number of thiocarbonyl (C=S) groups is 1. The highest BCUT2D eigenvalue weighted by atomic mass is 32.1. The first-order valence-corrected chi connectivity index (χ1v) is 13.2. The van der Waals surface area contributed by atoms with Crippen LogP contribution in [-0.4, -0.2) is 69.9 Å². The predicted octanol–water partition coefficient (Wildman–Crippen LogP) is 2.87. The minimum Gasteiger partial charge on any atom is -0.312 e. The lowest BCUT2D eigenvalue weighted by Gasteiger charge is -2.48. The van der Waals surface area contributed by atoms with Gasteiger partial charge in [0.25, 0.3) is 5.56 Å². The van der Waals surface area contributed by atoms with Gasteiger partial charge < -0.3 is 9.47 Å². The summed E-state index contributed by atoms with van der Waals surface area (Å²) in [5, 5.41) is 2.36. The Balaban J connectivity index is 1.40. The van der Waals surface area contributed by atoms with Crippen molar-refractivity contribution >= 4 is 39.9 Å². The fraction of sp³-hybridized carbons (Fsp3) is 0.379. The molecule has 3 aliphatic rings. The minimum atomic E-state index is -1.29. The summed E-state index contributed by atoms with van der Waals surface area (Å²) >= 11 is 5.44. The highest BCUT2D eigenvalue weighted by molar-refractivity contribution is 7.80. The first-order valence-electron chi connectivity index (χ1n) is 12.8. The van der Waals surface area contributed by atoms with Crippen LogP contribution in [0.25, 0.3) is 10.8 Å². The monoisotopic (exact) mass is 514 g/mol. The van der Waals surface area contributed by atoms with E-state index in [2.05, 4.69) is 17.0 Å². The molecule has 4 heterocycles. The van der Waals surface area contributed by atoms with E-state index in [1.807, 2.05) is 47.0 Å². The number of nitrogens with zero attached hydrogens (tertiary/aromatic N) is 4. The normalized spacial score (nSPS) is 23.5. The number of rotatable bonds is 4. The Morgan fingerprint density at radius 2 is 1.57 bits per heavy atom. The average molecular weight is 515 g/mol. The average Bonchev–Trinajstić information content (AvgIpc) is 2.90. The van der Waals surface area contributed by atoms with Crippen LogP contribution < -0.4 is 5.56 Å². The smallest absolute Gasteiger partial charge is 0.250 e. The third-order valence-corrected chi connectivity index (χ3v) is 8.97. The number of hydrogen-bond acceptors (Lipinski definition) is 5. The van der Waals surface area contributed by atoms with Crippen LogP contribution >= 0.6 is 12.2 Å². The Hall–Kier alpha value is -3.36. The zero-order chi connectivity index (χ0) is 25.9. The van der Waals surface area contributed by atoms with Gasteiger partial charge in [-0.25, -0.2) is 0 Å². The fourth-order valence-corrected chi connectivity index (χ4v) is 6.92. The second-order valence-corrected chi connectivity index (χ2v) is 11.2. The largest absolute Gasteiger partial charge is 0.312 e. The molecule has 2 fully saturated rings. The van der Waals surface area contributed by atoms with E-state index in [0.29, 0.717) is 32.0 Å². The van der Waals surface area contributed by atoms with Crippen molar-refractivity contribution in [3.8, 4) is 0 Å². The molecule has 0 radical (unpaired) electrons. The Labute approximate surface area is 221 Å². The summed E-state index contributed by atoms with van der Waals surface area (Å²) in [6.07, 6.45) is 1.31. The molecule has 8 heteroatoms. The van der Waals surface area contributed by atoms with Gasteiger partial charge in [-0.3, -0.25) is 24.2 Å². The molecule has 0 saturated carbocycles.